The first-order chi connectivity index (χ1) is 9.26. The summed E-state index contributed by atoms with van der Waals surface area (Å²) in [7, 11) is 0. The number of carboxylic acids is 1. The van der Waals surface area contributed by atoms with Crippen molar-refractivity contribution in [1.29, 1.82) is 0 Å². The summed E-state index contributed by atoms with van der Waals surface area (Å²) in [6.45, 7) is 0. The van der Waals surface area contributed by atoms with Crippen LogP contribution in [-0.4, -0.2) is 27.9 Å². The summed E-state index contributed by atoms with van der Waals surface area (Å²) in [5.74, 6) is -2.02. The molecule has 0 saturated heterocycles. The SMILES string of the molecule is O=C(O)C(O)c1cccc(OC(F)(F)F)c1CCCBr. The van der Waals surface area contributed by atoms with Crippen LogP contribution in [-0.2, 0) is 11.2 Å². The maximum atomic E-state index is 12.3. The van der Waals surface area contributed by atoms with Gasteiger partial charge in [-0.3, -0.25) is 0 Å². The highest BCUT2D eigenvalue weighted by Gasteiger charge is 2.33. The Kier molecular flexibility index (Phi) is 5.82. The number of carbonyl (C=O) groups is 1. The molecule has 112 valence electrons. The van der Waals surface area contributed by atoms with E-state index < -0.39 is 24.2 Å². The third-order valence-corrected chi connectivity index (χ3v) is 3.04. The molecule has 0 aliphatic carbocycles. The Morgan fingerprint density at radius 1 is 1.40 bits per heavy atom. The quantitative estimate of drug-likeness (QED) is 0.769. The average Bonchev–Trinajstić information content (AvgIpc) is 2.34. The van der Waals surface area contributed by atoms with Crippen molar-refractivity contribution in [2.75, 3.05) is 5.33 Å². The van der Waals surface area contributed by atoms with Crippen LogP contribution < -0.4 is 4.74 Å². The number of ether oxygens (including phenoxy) is 1. The molecule has 0 radical (unpaired) electrons. The van der Waals surface area contributed by atoms with Crippen LogP contribution in [0.5, 0.6) is 5.75 Å². The van der Waals surface area contributed by atoms with Gasteiger partial charge in [0.05, 0.1) is 0 Å². The molecule has 0 heterocycles. The Labute approximate surface area is 121 Å². The van der Waals surface area contributed by atoms with Crippen LogP contribution >= 0.6 is 15.9 Å². The largest absolute Gasteiger partial charge is 0.573 e. The van der Waals surface area contributed by atoms with E-state index in [0.717, 1.165) is 6.07 Å². The molecule has 0 bridgehead atoms. The van der Waals surface area contributed by atoms with Gasteiger partial charge in [-0.25, -0.2) is 4.79 Å². The monoisotopic (exact) mass is 356 g/mol. The number of rotatable bonds is 6. The van der Waals surface area contributed by atoms with Gasteiger partial charge < -0.3 is 14.9 Å². The predicted octanol–water partition coefficient (Wildman–Crippen LogP) is 3.03. The lowest BCUT2D eigenvalue weighted by atomic mass is 9.98. The molecular weight excluding hydrogens is 345 g/mol. The van der Waals surface area contributed by atoms with Gasteiger partial charge in [-0.15, -0.1) is 13.2 Å². The second-order valence-electron chi connectivity index (χ2n) is 3.91. The second kappa shape index (κ2) is 6.94. The van der Waals surface area contributed by atoms with Crippen LogP contribution in [0.4, 0.5) is 13.2 Å². The molecule has 0 aliphatic rings. The smallest absolute Gasteiger partial charge is 0.479 e. The number of aliphatic carboxylic acids is 1. The van der Waals surface area contributed by atoms with E-state index in [1.165, 1.54) is 12.1 Å². The van der Waals surface area contributed by atoms with Crippen LogP contribution in [0.3, 0.4) is 0 Å². The summed E-state index contributed by atoms with van der Waals surface area (Å²) in [6, 6.07) is 3.57. The first-order valence-electron chi connectivity index (χ1n) is 5.60. The highest BCUT2D eigenvalue weighted by Crippen LogP contribution is 2.32. The summed E-state index contributed by atoms with van der Waals surface area (Å²) < 4.78 is 40.9. The number of aliphatic hydroxyl groups excluding tert-OH is 1. The van der Waals surface area contributed by atoms with Gasteiger partial charge in [-0.1, -0.05) is 28.1 Å². The lowest BCUT2D eigenvalue weighted by Gasteiger charge is -2.18. The van der Waals surface area contributed by atoms with Crippen molar-refractivity contribution >= 4 is 21.9 Å². The molecule has 8 heteroatoms. The van der Waals surface area contributed by atoms with E-state index in [2.05, 4.69) is 20.7 Å². The van der Waals surface area contributed by atoms with E-state index in [-0.39, 0.29) is 17.5 Å². The number of alkyl halides is 4. The summed E-state index contributed by atoms with van der Waals surface area (Å²) in [6.07, 6.45) is -6.15. The van der Waals surface area contributed by atoms with Crippen LogP contribution in [0, 0.1) is 0 Å². The molecule has 1 aromatic carbocycles. The minimum atomic E-state index is -4.88. The summed E-state index contributed by atoms with van der Waals surface area (Å²) in [5.41, 5.74) is -0.0561. The zero-order chi connectivity index (χ0) is 15.3. The number of aliphatic hydroxyl groups is 1. The molecule has 0 amide bonds. The zero-order valence-electron chi connectivity index (χ0n) is 10.2. The van der Waals surface area contributed by atoms with E-state index in [0.29, 0.717) is 11.8 Å². The van der Waals surface area contributed by atoms with Crippen molar-refractivity contribution in [3.63, 3.8) is 0 Å². The first-order valence-corrected chi connectivity index (χ1v) is 6.72. The van der Waals surface area contributed by atoms with Crippen LogP contribution in [0.15, 0.2) is 18.2 Å². The van der Waals surface area contributed by atoms with Gasteiger partial charge >= 0.3 is 12.3 Å². The van der Waals surface area contributed by atoms with Crippen molar-refractivity contribution in [3.05, 3.63) is 29.3 Å². The third-order valence-electron chi connectivity index (χ3n) is 2.48. The molecule has 1 aromatic rings. The van der Waals surface area contributed by atoms with Crippen LogP contribution in [0.25, 0.3) is 0 Å². The Morgan fingerprint density at radius 2 is 2.05 bits per heavy atom. The van der Waals surface area contributed by atoms with E-state index in [1.807, 2.05) is 0 Å². The van der Waals surface area contributed by atoms with Crippen molar-refractivity contribution in [3.8, 4) is 5.75 Å². The zero-order valence-corrected chi connectivity index (χ0v) is 11.7. The fourth-order valence-corrected chi connectivity index (χ4v) is 1.98. The number of halogens is 4. The van der Waals surface area contributed by atoms with Crippen molar-refractivity contribution in [1.82, 2.24) is 0 Å². The Morgan fingerprint density at radius 3 is 2.55 bits per heavy atom. The molecule has 1 unspecified atom stereocenters. The Hall–Kier alpha value is -1.28. The standard InChI is InChI=1S/C12H12BrF3O4/c13-6-2-4-7-8(10(17)11(18)19)3-1-5-9(7)20-12(14,15)16/h1,3,5,10,17H,2,4,6H2,(H,18,19). The van der Waals surface area contributed by atoms with Crippen molar-refractivity contribution in [2.45, 2.75) is 25.3 Å². The molecule has 0 fully saturated rings. The molecule has 20 heavy (non-hydrogen) atoms. The van der Waals surface area contributed by atoms with Crippen molar-refractivity contribution in [2.24, 2.45) is 0 Å². The molecule has 0 aromatic heterocycles. The third kappa shape index (κ3) is 4.68. The molecule has 1 rings (SSSR count). The lowest BCUT2D eigenvalue weighted by molar-refractivity contribution is -0.274. The maximum absolute atomic E-state index is 12.3. The van der Waals surface area contributed by atoms with Crippen molar-refractivity contribution < 1.29 is 32.9 Å². The number of hydrogen-bond donors (Lipinski definition) is 2. The van der Waals surface area contributed by atoms with Gasteiger partial charge in [0.1, 0.15) is 5.75 Å². The summed E-state index contributed by atoms with van der Waals surface area (Å²) >= 11 is 3.14. The van der Waals surface area contributed by atoms with Gasteiger partial charge in [0.25, 0.3) is 0 Å². The Bertz CT molecular complexity index is 476. The molecule has 1 atom stereocenters. The van der Waals surface area contributed by atoms with Gasteiger partial charge in [0.2, 0.25) is 0 Å². The molecule has 4 nitrogen and oxygen atoms in total. The lowest BCUT2D eigenvalue weighted by Crippen LogP contribution is -2.20. The maximum Gasteiger partial charge on any atom is 0.573 e. The van der Waals surface area contributed by atoms with Crippen LogP contribution in [0.1, 0.15) is 23.7 Å². The summed E-state index contributed by atoms with van der Waals surface area (Å²) in [4.78, 5) is 10.8. The number of carboxylic acid groups (broad SMARTS) is 1. The first kappa shape index (κ1) is 16.8. The predicted molar refractivity (Wildman–Crippen MR) is 67.8 cm³/mol. The van der Waals surface area contributed by atoms with E-state index in [9.17, 15) is 23.1 Å². The van der Waals surface area contributed by atoms with Gasteiger partial charge in [-0.05, 0) is 24.5 Å². The highest BCUT2D eigenvalue weighted by molar-refractivity contribution is 9.09. The molecular formula is C12H12BrF3O4. The fraction of sp³-hybridized carbons (Fsp3) is 0.417. The Balaban J connectivity index is 3.22. The number of benzene rings is 1. The van der Waals surface area contributed by atoms with Crippen LogP contribution in [0.2, 0.25) is 0 Å². The molecule has 0 aliphatic heterocycles. The molecule has 0 saturated carbocycles. The van der Waals surface area contributed by atoms with Gasteiger partial charge in [0.15, 0.2) is 6.10 Å². The fourth-order valence-electron chi connectivity index (χ4n) is 1.70. The minimum Gasteiger partial charge on any atom is -0.479 e. The molecule has 0 spiro atoms. The second-order valence-corrected chi connectivity index (χ2v) is 4.70. The van der Waals surface area contributed by atoms with E-state index >= 15 is 0 Å². The number of hydrogen-bond acceptors (Lipinski definition) is 3. The van der Waals surface area contributed by atoms with Gasteiger partial charge in [0, 0.05) is 10.9 Å². The van der Waals surface area contributed by atoms with E-state index in [4.69, 9.17) is 5.11 Å². The average molecular weight is 357 g/mol. The van der Waals surface area contributed by atoms with E-state index in [1.54, 1.807) is 0 Å². The summed E-state index contributed by atoms with van der Waals surface area (Å²) in [5, 5.41) is 18.9. The van der Waals surface area contributed by atoms with Gasteiger partial charge in [-0.2, -0.15) is 0 Å². The highest BCUT2D eigenvalue weighted by atomic mass is 79.9. The normalized spacial score (nSPS) is 13.1. The minimum absolute atomic E-state index is 0.0409. The molecule has 2 N–H and O–H groups in total. The topological polar surface area (TPSA) is 66.8 Å².